The molecule has 0 spiro atoms. The van der Waals surface area contributed by atoms with Gasteiger partial charge in [-0.25, -0.2) is 0 Å². The zero-order chi connectivity index (χ0) is 30.2. The molecule has 5 nitrogen and oxygen atoms in total. The fourth-order valence-corrected chi connectivity index (χ4v) is 5.12. The van der Waals surface area contributed by atoms with Crippen LogP contribution in [-0.4, -0.2) is 77.4 Å². The van der Waals surface area contributed by atoms with Gasteiger partial charge in [0.25, 0.3) is 0 Å². The SMILES string of the molecule is CCCCN(CCOC)B(OCCC)c1ccc(C(=C(CC)c2ccccc2)c2ccc(OCCN(C)C)cc2)cc1. The van der Waals surface area contributed by atoms with Crippen LogP contribution in [-0.2, 0) is 9.39 Å². The smallest absolute Gasteiger partial charge is 0.418 e. The van der Waals surface area contributed by atoms with Gasteiger partial charge < -0.3 is 23.8 Å². The van der Waals surface area contributed by atoms with E-state index in [1.54, 1.807) is 7.11 Å². The van der Waals surface area contributed by atoms with Gasteiger partial charge in [0.15, 0.2) is 0 Å². The maximum absolute atomic E-state index is 6.46. The number of allylic oxidation sites excluding steroid dienone is 1. The Bertz CT molecular complexity index is 1170. The summed E-state index contributed by atoms with van der Waals surface area (Å²) in [5.74, 6) is 0.896. The fourth-order valence-electron chi connectivity index (χ4n) is 5.12. The summed E-state index contributed by atoms with van der Waals surface area (Å²) in [5.41, 5.74) is 7.40. The average molecular weight is 571 g/mol. The molecule has 6 heteroatoms. The molecule has 3 aromatic rings. The summed E-state index contributed by atoms with van der Waals surface area (Å²) in [6, 6.07) is 28.3. The van der Waals surface area contributed by atoms with E-state index in [0.29, 0.717) is 13.2 Å². The molecule has 0 aromatic heterocycles. The van der Waals surface area contributed by atoms with Crippen molar-refractivity contribution < 1.29 is 14.1 Å². The van der Waals surface area contributed by atoms with Gasteiger partial charge >= 0.3 is 7.05 Å². The molecule has 0 fully saturated rings. The molecular weight excluding hydrogens is 519 g/mol. The highest BCUT2D eigenvalue weighted by atomic mass is 16.5. The molecule has 0 saturated heterocycles. The fraction of sp³-hybridized carbons (Fsp3) is 0.444. The van der Waals surface area contributed by atoms with Crippen LogP contribution in [0.25, 0.3) is 11.1 Å². The number of nitrogens with zero attached hydrogens (tertiary/aromatic N) is 2. The van der Waals surface area contributed by atoms with Gasteiger partial charge in [-0.2, -0.15) is 0 Å². The van der Waals surface area contributed by atoms with E-state index in [2.05, 4.69) is 123 Å². The van der Waals surface area contributed by atoms with Gasteiger partial charge in [-0.05, 0) is 85.3 Å². The number of methoxy groups -OCH3 is 1. The Morgan fingerprint density at radius 1 is 0.690 bits per heavy atom. The molecule has 0 N–H and O–H groups in total. The Hall–Kier alpha value is -2.90. The van der Waals surface area contributed by atoms with Crippen LogP contribution in [0.15, 0.2) is 78.9 Å². The van der Waals surface area contributed by atoms with E-state index in [4.69, 9.17) is 14.1 Å². The van der Waals surface area contributed by atoms with Gasteiger partial charge in [-0.1, -0.05) is 93.9 Å². The Morgan fingerprint density at radius 3 is 1.93 bits per heavy atom. The second kappa shape index (κ2) is 18.6. The van der Waals surface area contributed by atoms with Crippen molar-refractivity contribution in [1.29, 1.82) is 0 Å². The first-order chi connectivity index (χ1) is 20.5. The highest BCUT2D eigenvalue weighted by Crippen LogP contribution is 2.35. The number of ether oxygens (including phenoxy) is 2. The third kappa shape index (κ3) is 10.1. The largest absolute Gasteiger partial charge is 0.492 e. The minimum absolute atomic E-state index is 0.0912. The molecule has 3 aromatic carbocycles. The van der Waals surface area contributed by atoms with Gasteiger partial charge in [0.2, 0.25) is 0 Å². The topological polar surface area (TPSA) is 34.2 Å². The first-order valence-corrected chi connectivity index (χ1v) is 15.6. The van der Waals surface area contributed by atoms with Crippen LogP contribution in [0.4, 0.5) is 0 Å². The van der Waals surface area contributed by atoms with Crippen molar-refractivity contribution in [2.75, 3.05) is 60.7 Å². The van der Waals surface area contributed by atoms with Crippen LogP contribution in [0.3, 0.4) is 0 Å². The predicted molar refractivity (Wildman–Crippen MR) is 180 cm³/mol. The van der Waals surface area contributed by atoms with Crippen LogP contribution in [0.1, 0.15) is 63.1 Å². The van der Waals surface area contributed by atoms with E-state index in [1.165, 1.54) is 33.3 Å². The lowest BCUT2D eigenvalue weighted by molar-refractivity contribution is 0.166. The van der Waals surface area contributed by atoms with E-state index in [1.807, 2.05) is 0 Å². The standard InChI is InChI=1S/C36H51BN2O3/c1-7-10-24-39(26-28-40-6)37(42-27-8-2)33-20-16-31(17-21-33)36(35(9-3)30-14-12-11-13-15-30)32-18-22-34(23-19-32)41-29-25-38(4)5/h11-23H,7-10,24-29H2,1-6H3. The lowest BCUT2D eigenvalue weighted by Crippen LogP contribution is -2.52. The third-order valence-corrected chi connectivity index (χ3v) is 7.41. The molecular formula is C36H51BN2O3. The molecule has 0 atom stereocenters. The van der Waals surface area contributed by atoms with Crippen molar-refractivity contribution in [2.45, 2.75) is 46.5 Å². The summed E-state index contributed by atoms with van der Waals surface area (Å²) in [6.07, 6.45) is 4.19. The molecule has 0 aliphatic rings. The van der Waals surface area contributed by atoms with Crippen molar-refractivity contribution >= 4 is 23.7 Å². The molecule has 0 aliphatic carbocycles. The van der Waals surface area contributed by atoms with Gasteiger partial charge in [0, 0.05) is 26.8 Å². The Kier molecular flexibility index (Phi) is 14.9. The lowest BCUT2D eigenvalue weighted by atomic mass is 9.70. The van der Waals surface area contributed by atoms with Crippen molar-refractivity contribution in [2.24, 2.45) is 0 Å². The molecule has 0 aliphatic heterocycles. The molecule has 0 bridgehead atoms. The maximum atomic E-state index is 6.46. The van der Waals surface area contributed by atoms with E-state index < -0.39 is 0 Å². The first-order valence-electron chi connectivity index (χ1n) is 15.6. The quantitative estimate of drug-likeness (QED) is 0.116. The normalized spacial score (nSPS) is 12.1. The van der Waals surface area contributed by atoms with E-state index in [-0.39, 0.29) is 7.05 Å². The minimum atomic E-state index is -0.0912. The molecule has 0 amide bonds. The number of rotatable bonds is 19. The monoisotopic (exact) mass is 570 g/mol. The lowest BCUT2D eigenvalue weighted by Gasteiger charge is -2.29. The summed E-state index contributed by atoms with van der Waals surface area (Å²) in [5, 5.41) is 0. The molecule has 3 rings (SSSR count). The second-order valence-electron chi connectivity index (χ2n) is 11.0. The zero-order valence-corrected chi connectivity index (χ0v) is 26.8. The van der Waals surface area contributed by atoms with Crippen LogP contribution in [0.5, 0.6) is 5.75 Å². The number of hydrogen-bond acceptors (Lipinski definition) is 5. The first kappa shape index (κ1) is 33.6. The number of unbranched alkanes of at least 4 members (excludes halogenated alkanes) is 1. The minimum Gasteiger partial charge on any atom is -0.492 e. The van der Waals surface area contributed by atoms with Crippen molar-refractivity contribution in [3.05, 3.63) is 95.6 Å². The second-order valence-corrected chi connectivity index (χ2v) is 11.0. The van der Waals surface area contributed by atoms with Crippen LogP contribution in [0.2, 0.25) is 0 Å². The maximum Gasteiger partial charge on any atom is 0.418 e. The van der Waals surface area contributed by atoms with Crippen molar-refractivity contribution in [1.82, 2.24) is 9.71 Å². The highest BCUT2D eigenvalue weighted by Gasteiger charge is 2.27. The van der Waals surface area contributed by atoms with E-state index >= 15 is 0 Å². The van der Waals surface area contributed by atoms with E-state index in [9.17, 15) is 0 Å². The molecule has 0 heterocycles. The van der Waals surface area contributed by atoms with Crippen LogP contribution < -0.4 is 10.2 Å². The summed E-state index contributed by atoms with van der Waals surface area (Å²) < 4.78 is 17.9. The summed E-state index contributed by atoms with van der Waals surface area (Å²) in [4.78, 5) is 4.55. The highest BCUT2D eigenvalue weighted by molar-refractivity contribution is 6.64. The summed E-state index contributed by atoms with van der Waals surface area (Å²) in [6.45, 7) is 11.4. The van der Waals surface area contributed by atoms with Gasteiger partial charge in [0.1, 0.15) is 12.4 Å². The Morgan fingerprint density at radius 2 is 1.36 bits per heavy atom. The summed E-state index contributed by atoms with van der Waals surface area (Å²) >= 11 is 0. The molecule has 0 radical (unpaired) electrons. The van der Waals surface area contributed by atoms with Gasteiger partial charge in [-0.3, -0.25) is 0 Å². The number of hydrogen-bond donors (Lipinski definition) is 0. The van der Waals surface area contributed by atoms with Crippen molar-refractivity contribution in [3.63, 3.8) is 0 Å². The Labute approximate surface area is 255 Å². The van der Waals surface area contributed by atoms with Crippen LogP contribution in [0, 0.1) is 0 Å². The average Bonchev–Trinajstić information content (AvgIpc) is 3.02. The molecule has 226 valence electrons. The molecule has 0 saturated carbocycles. The van der Waals surface area contributed by atoms with Crippen LogP contribution >= 0.6 is 0 Å². The third-order valence-electron chi connectivity index (χ3n) is 7.41. The Balaban J connectivity index is 2.02. The van der Waals surface area contributed by atoms with Crippen molar-refractivity contribution in [3.8, 4) is 5.75 Å². The number of benzene rings is 3. The summed E-state index contributed by atoms with van der Waals surface area (Å²) in [7, 11) is 5.80. The molecule has 42 heavy (non-hydrogen) atoms. The zero-order valence-electron chi connectivity index (χ0n) is 26.8. The van der Waals surface area contributed by atoms with Gasteiger partial charge in [-0.15, -0.1) is 0 Å². The predicted octanol–water partition coefficient (Wildman–Crippen LogP) is 6.87. The van der Waals surface area contributed by atoms with E-state index in [0.717, 1.165) is 57.7 Å². The van der Waals surface area contributed by atoms with Gasteiger partial charge in [0.05, 0.1) is 6.61 Å². The molecule has 0 unspecified atom stereocenters. The number of likely N-dealkylation sites (N-methyl/N-ethyl adjacent to an activating group) is 1.